The van der Waals surface area contributed by atoms with Crippen LogP contribution in [0.25, 0.3) is 0 Å². The molecule has 2 aromatic carbocycles. The third kappa shape index (κ3) is 5.59. The van der Waals surface area contributed by atoms with Crippen molar-refractivity contribution in [1.82, 2.24) is 5.32 Å². The first-order chi connectivity index (χ1) is 12.7. The lowest BCUT2D eigenvalue weighted by atomic mass is 10.1. The van der Waals surface area contributed by atoms with Gasteiger partial charge in [0, 0.05) is 12.7 Å². The van der Waals surface area contributed by atoms with E-state index < -0.39 is 0 Å². The molecule has 1 amide bonds. The van der Waals surface area contributed by atoms with E-state index in [0.717, 1.165) is 16.9 Å². The Bertz CT molecular complexity index is 680. The molecule has 26 heavy (non-hydrogen) atoms. The molecule has 1 aliphatic rings. The van der Waals surface area contributed by atoms with E-state index in [1.54, 1.807) is 18.7 Å². The molecule has 0 unspecified atom stereocenters. The third-order valence-electron chi connectivity index (χ3n) is 4.32. The molecule has 1 fully saturated rings. The van der Waals surface area contributed by atoms with Crippen molar-refractivity contribution >= 4 is 17.7 Å². The summed E-state index contributed by atoms with van der Waals surface area (Å²) in [5.41, 5.74) is 2.30. The number of amides is 1. The highest BCUT2D eigenvalue weighted by atomic mass is 32.2. The summed E-state index contributed by atoms with van der Waals surface area (Å²) in [6, 6.07) is 20.3. The number of nitrogens with one attached hydrogen (secondary N) is 1. The van der Waals surface area contributed by atoms with Gasteiger partial charge in [0.1, 0.15) is 0 Å². The summed E-state index contributed by atoms with van der Waals surface area (Å²) in [7, 11) is 0. The Morgan fingerprint density at radius 3 is 2.27 bits per heavy atom. The van der Waals surface area contributed by atoms with Gasteiger partial charge in [0.15, 0.2) is 0 Å². The quantitative estimate of drug-likeness (QED) is 0.773. The van der Waals surface area contributed by atoms with Crippen LogP contribution in [-0.2, 0) is 27.5 Å². The topological polar surface area (TPSA) is 47.6 Å². The molecule has 0 aliphatic carbocycles. The molecule has 1 N–H and O–H groups in total. The van der Waals surface area contributed by atoms with Gasteiger partial charge in [-0.3, -0.25) is 4.79 Å². The van der Waals surface area contributed by atoms with Gasteiger partial charge in [-0.15, -0.1) is 0 Å². The molecule has 2 aromatic rings. The smallest absolute Gasteiger partial charge is 0.217 e. The average Bonchev–Trinajstić information content (AvgIpc) is 3.02. The number of thioether (sulfide) groups is 1. The highest BCUT2D eigenvalue weighted by Crippen LogP contribution is 2.31. The van der Waals surface area contributed by atoms with Crippen LogP contribution in [0.3, 0.4) is 0 Å². The van der Waals surface area contributed by atoms with Crippen molar-refractivity contribution in [3.8, 4) is 0 Å². The van der Waals surface area contributed by atoms with Gasteiger partial charge in [0.05, 0.1) is 37.2 Å². The van der Waals surface area contributed by atoms with Crippen LogP contribution in [-0.4, -0.2) is 35.7 Å². The predicted octanol–water partition coefficient (Wildman–Crippen LogP) is 3.41. The lowest BCUT2D eigenvalue weighted by Crippen LogP contribution is -2.45. The average molecular weight is 372 g/mol. The number of ether oxygens (including phenoxy) is 2. The molecule has 3 atom stereocenters. The molecular formula is C21H25NO3S. The van der Waals surface area contributed by atoms with Gasteiger partial charge in [0.25, 0.3) is 0 Å². The molecule has 1 heterocycles. The van der Waals surface area contributed by atoms with Crippen LogP contribution in [0.15, 0.2) is 60.7 Å². The van der Waals surface area contributed by atoms with Crippen molar-refractivity contribution in [2.24, 2.45) is 0 Å². The Morgan fingerprint density at radius 2 is 1.65 bits per heavy atom. The summed E-state index contributed by atoms with van der Waals surface area (Å²) in [6.45, 7) is 3.29. The molecule has 0 radical (unpaired) electrons. The minimum absolute atomic E-state index is 0.0187. The van der Waals surface area contributed by atoms with Crippen LogP contribution in [0.5, 0.6) is 0 Å². The molecule has 0 spiro atoms. The molecule has 138 valence electrons. The maximum Gasteiger partial charge on any atom is 0.217 e. The zero-order chi connectivity index (χ0) is 18.2. The number of hydrogen-bond donors (Lipinski definition) is 1. The maximum absolute atomic E-state index is 11.5. The van der Waals surface area contributed by atoms with E-state index in [9.17, 15) is 4.79 Å². The number of rotatable bonds is 8. The number of hydrogen-bond acceptors (Lipinski definition) is 4. The monoisotopic (exact) mass is 371 g/mol. The van der Waals surface area contributed by atoms with Crippen molar-refractivity contribution < 1.29 is 14.3 Å². The second kappa shape index (κ2) is 9.76. The molecule has 1 saturated heterocycles. The molecular weight excluding hydrogens is 346 g/mol. The SMILES string of the molecule is CC(=O)N[C@@H]1CS[C@H](COCc2ccccc2)[C@H]1OCc1ccccc1. The van der Waals surface area contributed by atoms with Crippen LogP contribution < -0.4 is 5.32 Å². The van der Waals surface area contributed by atoms with Crippen molar-refractivity contribution in [2.75, 3.05) is 12.4 Å². The summed E-state index contributed by atoms with van der Waals surface area (Å²) in [5, 5.41) is 3.23. The van der Waals surface area contributed by atoms with Crippen molar-refractivity contribution in [1.29, 1.82) is 0 Å². The zero-order valence-electron chi connectivity index (χ0n) is 15.0. The minimum atomic E-state index is -0.0557. The predicted molar refractivity (Wildman–Crippen MR) is 105 cm³/mol. The van der Waals surface area contributed by atoms with E-state index in [4.69, 9.17) is 9.47 Å². The van der Waals surface area contributed by atoms with E-state index in [1.165, 1.54) is 0 Å². The highest BCUT2D eigenvalue weighted by molar-refractivity contribution is 8.00. The lowest BCUT2D eigenvalue weighted by molar-refractivity contribution is -0.120. The molecule has 4 nitrogen and oxygen atoms in total. The molecule has 0 bridgehead atoms. The Labute approximate surface area is 159 Å². The van der Waals surface area contributed by atoms with Gasteiger partial charge < -0.3 is 14.8 Å². The van der Waals surface area contributed by atoms with Crippen molar-refractivity contribution in [3.63, 3.8) is 0 Å². The van der Waals surface area contributed by atoms with Gasteiger partial charge >= 0.3 is 0 Å². The van der Waals surface area contributed by atoms with E-state index in [-0.39, 0.29) is 23.3 Å². The molecule has 0 saturated carbocycles. The van der Waals surface area contributed by atoms with Crippen molar-refractivity contribution in [2.45, 2.75) is 37.5 Å². The largest absolute Gasteiger partial charge is 0.376 e. The first kappa shape index (κ1) is 19.0. The van der Waals surface area contributed by atoms with Gasteiger partial charge in [-0.2, -0.15) is 11.8 Å². The minimum Gasteiger partial charge on any atom is -0.376 e. The summed E-state index contributed by atoms with van der Waals surface area (Å²) < 4.78 is 12.1. The van der Waals surface area contributed by atoms with Crippen LogP contribution >= 0.6 is 11.8 Å². The Morgan fingerprint density at radius 1 is 1.04 bits per heavy atom. The molecule has 1 aliphatic heterocycles. The summed E-state index contributed by atoms with van der Waals surface area (Å²) >= 11 is 1.81. The Hall–Kier alpha value is -1.82. The summed E-state index contributed by atoms with van der Waals surface area (Å²) in [4.78, 5) is 11.5. The first-order valence-electron chi connectivity index (χ1n) is 8.88. The van der Waals surface area contributed by atoms with Gasteiger partial charge in [-0.25, -0.2) is 0 Å². The van der Waals surface area contributed by atoms with Crippen LogP contribution in [0, 0.1) is 0 Å². The van der Waals surface area contributed by atoms with Gasteiger partial charge in [-0.1, -0.05) is 60.7 Å². The van der Waals surface area contributed by atoms with E-state index in [2.05, 4.69) is 29.6 Å². The first-order valence-corrected chi connectivity index (χ1v) is 9.93. The highest BCUT2D eigenvalue weighted by Gasteiger charge is 2.38. The normalized spacial score (nSPS) is 22.3. The van der Waals surface area contributed by atoms with Crippen molar-refractivity contribution in [3.05, 3.63) is 71.8 Å². The number of carbonyl (C=O) groups excluding carboxylic acids is 1. The Balaban J connectivity index is 1.56. The fourth-order valence-corrected chi connectivity index (χ4v) is 4.44. The fourth-order valence-electron chi connectivity index (χ4n) is 3.06. The second-order valence-corrected chi connectivity index (χ2v) is 7.71. The molecule has 5 heteroatoms. The maximum atomic E-state index is 11.5. The second-order valence-electron chi connectivity index (χ2n) is 6.44. The standard InChI is InChI=1S/C21H25NO3S/c1-16(23)22-19-15-26-20(14-24-12-17-8-4-2-5-9-17)21(19)25-13-18-10-6-3-7-11-18/h2-11,19-21H,12-15H2,1H3,(H,22,23)/t19-,20-,21+/m1/s1. The number of benzene rings is 2. The van der Waals surface area contributed by atoms with E-state index in [0.29, 0.717) is 19.8 Å². The zero-order valence-corrected chi connectivity index (χ0v) is 15.8. The third-order valence-corrected chi connectivity index (χ3v) is 5.70. The molecule has 3 rings (SSSR count). The Kier molecular flexibility index (Phi) is 7.12. The summed E-state index contributed by atoms with van der Waals surface area (Å²) in [6.07, 6.45) is -0.0557. The number of carbonyl (C=O) groups is 1. The molecule has 0 aromatic heterocycles. The van der Waals surface area contributed by atoms with E-state index in [1.807, 2.05) is 36.4 Å². The van der Waals surface area contributed by atoms with Gasteiger partial charge in [-0.05, 0) is 11.1 Å². The fraction of sp³-hybridized carbons (Fsp3) is 0.381. The van der Waals surface area contributed by atoms with E-state index >= 15 is 0 Å². The van der Waals surface area contributed by atoms with Crippen LogP contribution in [0.2, 0.25) is 0 Å². The van der Waals surface area contributed by atoms with Crippen LogP contribution in [0.4, 0.5) is 0 Å². The lowest BCUT2D eigenvalue weighted by Gasteiger charge is -2.25. The summed E-state index contributed by atoms with van der Waals surface area (Å²) in [5.74, 6) is 0.827. The van der Waals surface area contributed by atoms with Crippen LogP contribution in [0.1, 0.15) is 18.1 Å². The van der Waals surface area contributed by atoms with Gasteiger partial charge in [0.2, 0.25) is 5.91 Å².